The van der Waals surface area contributed by atoms with Crippen LogP contribution < -0.4 is 0 Å². The highest BCUT2D eigenvalue weighted by Gasteiger charge is 2.17. The molecule has 0 saturated heterocycles. The van der Waals surface area contributed by atoms with Gasteiger partial charge in [0, 0.05) is 0 Å². The maximum Gasteiger partial charge on any atom is 0.306 e. The Morgan fingerprint density at radius 2 is 1.83 bits per heavy atom. The number of carboxylic acid groups (broad SMARTS) is 1. The Hall–Kier alpha value is -1.51. The third kappa shape index (κ3) is 2.84. The first kappa shape index (κ1) is 12.9. The molecule has 98 valence electrons. The van der Waals surface area contributed by atoms with E-state index in [1.54, 1.807) is 6.92 Å². The summed E-state index contributed by atoms with van der Waals surface area (Å²) in [7, 11) is 0. The van der Waals surface area contributed by atoms with Crippen molar-refractivity contribution in [1.82, 2.24) is 0 Å². The Balaban J connectivity index is 2.26. The minimum absolute atomic E-state index is 0.253. The number of rotatable bonds is 3. The zero-order valence-electron chi connectivity index (χ0n) is 10.8. The molecule has 3 nitrogen and oxygen atoms in total. The number of carbonyl (C=O) groups is 1. The van der Waals surface area contributed by atoms with Crippen molar-refractivity contribution in [3.8, 4) is 5.75 Å². The Morgan fingerprint density at radius 1 is 1.22 bits per heavy atom. The summed E-state index contributed by atoms with van der Waals surface area (Å²) in [5.74, 6) is -1.02. The van der Waals surface area contributed by atoms with Gasteiger partial charge >= 0.3 is 5.97 Å². The third-order valence-corrected chi connectivity index (χ3v) is 3.74. The molecule has 18 heavy (non-hydrogen) atoms. The van der Waals surface area contributed by atoms with Gasteiger partial charge in [0.1, 0.15) is 5.75 Å². The average Bonchev–Trinajstić information content (AvgIpc) is 2.54. The van der Waals surface area contributed by atoms with Gasteiger partial charge < -0.3 is 10.2 Å². The molecule has 3 heteroatoms. The number of aromatic hydroxyl groups is 1. The van der Waals surface area contributed by atoms with Crippen LogP contribution in [-0.4, -0.2) is 16.2 Å². The summed E-state index contributed by atoms with van der Waals surface area (Å²) < 4.78 is 0. The van der Waals surface area contributed by atoms with Crippen molar-refractivity contribution in [2.75, 3.05) is 0 Å². The van der Waals surface area contributed by atoms with E-state index in [-0.39, 0.29) is 5.75 Å². The number of hydrogen-bond acceptors (Lipinski definition) is 2. The highest BCUT2D eigenvalue weighted by atomic mass is 16.4. The summed E-state index contributed by atoms with van der Waals surface area (Å²) in [6.45, 7) is 1.67. The van der Waals surface area contributed by atoms with E-state index >= 15 is 0 Å². The van der Waals surface area contributed by atoms with E-state index in [2.05, 4.69) is 0 Å². The van der Waals surface area contributed by atoms with Crippen LogP contribution in [0.15, 0.2) is 12.1 Å². The summed E-state index contributed by atoms with van der Waals surface area (Å²) in [5.41, 5.74) is 3.29. The molecule has 1 aliphatic carbocycles. The van der Waals surface area contributed by atoms with Crippen LogP contribution in [0.25, 0.3) is 0 Å². The summed E-state index contributed by atoms with van der Waals surface area (Å²) >= 11 is 0. The van der Waals surface area contributed by atoms with E-state index in [4.69, 9.17) is 5.11 Å². The second-order valence-corrected chi connectivity index (χ2v) is 5.25. The molecule has 0 bridgehead atoms. The van der Waals surface area contributed by atoms with E-state index in [0.29, 0.717) is 6.42 Å². The Kier molecular flexibility index (Phi) is 3.90. The van der Waals surface area contributed by atoms with Crippen molar-refractivity contribution in [3.05, 3.63) is 28.8 Å². The molecule has 1 aromatic carbocycles. The number of carboxylic acids is 1. The van der Waals surface area contributed by atoms with Gasteiger partial charge in [0.05, 0.1) is 5.92 Å². The van der Waals surface area contributed by atoms with Crippen LogP contribution in [0.3, 0.4) is 0 Å². The summed E-state index contributed by atoms with van der Waals surface area (Å²) in [6.07, 6.45) is 6.06. The summed E-state index contributed by atoms with van der Waals surface area (Å²) in [6, 6.07) is 3.85. The number of phenols is 1. The van der Waals surface area contributed by atoms with Crippen molar-refractivity contribution >= 4 is 5.97 Å². The van der Waals surface area contributed by atoms with Crippen LogP contribution in [-0.2, 0) is 24.1 Å². The Labute approximate surface area is 107 Å². The molecule has 0 aromatic heterocycles. The van der Waals surface area contributed by atoms with Gasteiger partial charge in [0.15, 0.2) is 0 Å². The minimum Gasteiger partial charge on any atom is -0.508 e. The Morgan fingerprint density at radius 3 is 2.44 bits per heavy atom. The first-order valence-corrected chi connectivity index (χ1v) is 6.64. The number of aryl methyl sites for hydroxylation is 2. The van der Waals surface area contributed by atoms with Crippen molar-refractivity contribution in [2.45, 2.75) is 45.4 Å². The lowest BCUT2D eigenvalue weighted by molar-refractivity contribution is -0.141. The second kappa shape index (κ2) is 5.42. The fourth-order valence-electron chi connectivity index (χ4n) is 2.58. The first-order chi connectivity index (χ1) is 8.58. The summed E-state index contributed by atoms with van der Waals surface area (Å²) in [4.78, 5) is 10.9. The van der Waals surface area contributed by atoms with E-state index in [9.17, 15) is 9.90 Å². The van der Waals surface area contributed by atoms with Crippen LogP contribution in [0.2, 0.25) is 0 Å². The van der Waals surface area contributed by atoms with Gasteiger partial charge in [-0.2, -0.15) is 0 Å². The number of fused-ring (bicyclic) bond motifs is 1. The molecule has 2 rings (SSSR count). The van der Waals surface area contributed by atoms with Crippen LogP contribution in [0.5, 0.6) is 5.75 Å². The minimum atomic E-state index is -0.815. The number of hydrogen-bond donors (Lipinski definition) is 2. The number of benzene rings is 1. The largest absolute Gasteiger partial charge is 0.508 e. The molecule has 0 spiro atoms. The van der Waals surface area contributed by atoms with Crippen LogP contribution in [0.4, 0.5) is 0 Å². The maximum absolute atomic E-state index is 10.9. The molecular weight excluding hydrogens is 228 g/mol. The monoisotopic (exact) mass is 248 g/mol. The molecule has 0 amide bonds. The first-order valence-electron chi connectivity index (χ1n) is 6.64. The number of aliphatic carboxylic acids is 1. The highest BCUT2D eigenvalue weighted by Crippen LogP contribution is 2.29. The molecule has 0 aliphatic heterocycles. The average molecular weight is 248 g/mol. The van der Waals surface area contributed by atoms with Crippen molar-refractivity contribution < 1.29 is 15.0 Å². The van der Waals surface area contributed by atoms with Crippen molar-refractivity contribution in [2.24, 2.45) is 5.92 Å². The third-order valence-electron chi connectivity index (χ3n) is 3.74. The molecule has 2 N–H and O–H groups in total. The van der Waals surface area contributed by atoms with Crippen molar-refractivity contribution in [3.63, 3.8) is 0 Å². The molecule has 1 atom stereocenters. The molecule has 1 unspecified atom stereocenters. The van der Waals surface area contributed by atoms with Gasteiger partial charge in [-0.15, -0.1) is 0 Å². The van der Waals surface area contributed by atoms with E-state index in [1.807, 2.05) is 12.1 Å². The van der Waals surface area contributed by atoms with Crippen LogP contribution in [0.1, 0.15) is 42.9 Å². The van der Waals surface area contributed by atoms with Gasteiger partial charge in [-0.25, -0.2) is 0 Å². The predicted molar refractivity (Wildman–Crippen MR) is 69.9 cm³/mol. The highest BCUT2D eigenvalue weighted by molar-refractivity contribution is 5.70. The molecule has 0 radical (unpaired) electrons. The summed E-state index contributed by atoms with van der Waals surface area (Å²) in [5, 5.41) is 18.9. The SMILES string of the molecule is CC(Cc1cc2c(cc1O)CCCCC2)C(=O)O. The van der Waals surface area contributed by atoms with Gasteiger partial charge in [0.25, 0.3) is 0 Å². The van der Waals surface area contributed by atoms with Gasteiger partial charge in [0.2, 0.25) is 0 Å². The van der Waals surface area contributed by atoms with Crippen LogP contribution >= 0.6 is 0 Å². The van der Waals surface area contributed by atoms with Gasteiger partial charge in [-0.05, 0) is 54.9 Å². The topological polar surface area (TPSA) is 57.5 Å². The zero-order chi connectivity index (χ0) is 13.1. The zero-order valence-corrected chi connectivity index (χ0v) is 10.8. The molecule has 0 fully saturated rings. The lowest BCUT2D eigenvalue weighted by atomic mass is 9.94. The van der Waals surface area contributed by atoms with Crippen molar-refractivity contribution in [1.29, 1.82) is 0 Å². The van der Waals surface area contributed by atoms with E-state index in [1.165, 1.54) is 30.4 Å². The second-order valence-electron chi connectivity index (χ2n) is 5.25. The lowest BCUT2D eigenvalue weighted by Crippen LogP contribution is -2.12. The fourth-order valence-corrected chi connectivity index (χ4v) is 2.58. The molecular formula is C15H20O3. The lowest BCUT2D eigenvalue weighted by Gasteiger charge is -2.13. The quantitative estimate of drug-likeness (QED) is 0.809. The van der Waals surface area contributed by atoms with Gasteiger partial charge in [-0.1, -0.05) is 19.4 Å². The van der Waals surface area contributed by atoms with E-state index in [0.717, 1.165) is 18.4 Å². The molecule has 1 aromatic rings. The smallest absolute Gasteiger partial charge is 0.306 e. The van der Waals surface area contributed by atoms with Crippen LogP contribution in [0, 0.1) is 5.92 Å². The van der Waals surface area contributed by atoms with Gasteiger partial charge in [-0.3, -0.25) is 4.79 Å². The molecule has 1 aliphatic rings. The standard InChI is InChI=1S/C15H20O3/c1-10(15(17)18)7-13-8-11-5-3-2-4-6-12(11)9-14(13)16/h8-10,16H,2-7H2,1H3,(H,17,18). The fraction of sp³-hybridized carbons (Fsp3) is 0.533. The predicted octanol–water partition coefficient (Wildman–Crippen LogP) is 2.92. The molecule has 0 heterocycles. The maximum atomic E-state index is 10.9. The normalized spacial score (nSPS) is 16.7. The Bertz CT molecular complexity index is 451. The molecule has 0 saturated carbocycles. The number of phenolic OH excluding ortho intramolecular Hbond substituents is 1. The van der Waals surface area contributed by atoms with E-state index < -0.39 is 11.9 Å².